The molecule has 0 fully saturated rings. The van der Waals surface area contributed by atoms with Crippen molar-refractivity contribution < 1.29 is 9.53 Å². The second-order valence-electron chi connectivity index (χ2n) is 2.77. The standard InChI is InChI=1S/C9H14N4O2/c1-10-9-12-5-3-7(13-9)11-6-4-8(14)15-2/h3,5H,4,6H2,1-2H3,(H2,10,11,12,13). The number of esters is 1. The van der Waals surface area contributed by atoms with Crippen molar-refractivity contribution in [3.05, 3.63) is 12.3 Å². The molecule has 0 radical (unpaired) electrons. The molecule has 1 rings (SSSR count). The number of rotatable bonds is 5. The van der Waals surface area contributed by atoms with E-state index in [4.69, 9.17) is 0 Å². The number of ether oxygens (including phenoxy) is 1. The summed E-state index contributed by atoms with van der Waals surface area (Å²) in [7, 11) is 3.11. The first-order valence-corrected chi connectivity index (χ1v) is 4.57. The second-order valence-corrected chi connectivity index (χ2v) is 2.77. The minimum absolute atomic E-state index is 0.245. The van der Waals surface area contributed by atoms with Crippen molar-refractivity contribution >= 4 is 17.7 Å². The van der Waals surface area contributed by atoms with Crippen LogP contribution in [0.5, 0.6) is 0 Å². The molecule has 0 saturated carbocycles. The molecule has 6 heteroatoms. The number of carbonyl (C=O) groups excluding carboxylic acids is 1. The maximum atomic E-state index is 10.8. The van der Waals surface area contributed by atoms with Gasteiger partial charge in [0.25, 0.3) is 0 Å². The number of carbonyl (C=O) groups is 1. The molecule has 6 nitrogen and oxygen atoms in total. The summed E-state index contributed by atoms with van der Waals surface area (Å²) in [5, 5.41) is 5.82. The highest BCUT2D eigenvalue weighted by Crippen LogP contribution is 2.04. The molecular weight excluding hydrogens is 196 g/mol. The summed E-state index contributed by atoms with van der Waals surface area (Å²) in [6, 6.07) is 1.73. The molecule has 0 aromatic carbocycles. The highest BCUT2D eigenvalue weighted by Gasteiger charge is 2.00. The van der Waals surface area contributed by atoms with Gasteiger partial charge in [-0.3, -0.25) is 4.79 Å². The van der Waals surface area contributed by atoms with Gasteiger partial charge in [-0.15, -0.1) is 0 Å². The number of nitrogens with zero attached hydrogens (tertiary/aromatic N) is 2. The van der Waals surface area contributed by atoms with Crippen molar-refractivity contribution in [2.45, 2.75) is 6.42 Å². The molecule has 0 amide bonds. The van der Waals surface area contributed by atoms with E-state index in [1.807, 2.05) is 0 Å². The lowest BCUT2D eigenvalue weighted by Gasteiger charge is -2.05. The van der Waals surface area contributed by atoms with Crippen LogP contribution in [0.4, 0.5) is 11.8 Å². The molecule has 1 aromatic heterocycles. The van der Waals surface area contributed by atoms with Gasteiger partial charge < -0.3 is 15.4 Å². The van der Waals surface area contributed by atoms with E-state index in [-0.39, 0.29) is 5.97 Å². The Morgan fingerprint density at radius 2 is 2.40 bits per heavy atom. The Balaban J connectivity index is 2.40. The summed E-state index contributed by atoms with van der Waals surface area (Å²) >= 11 is 0. The molecule has 0 aliphatic carbocycles. The molecule has 2 N–H and O–H groups in total. The Labute approximate surface area is 88.1 Å². The first-order chi connectivity index (χ1) is 7.26. The average molecular weight is 210 g/mol. The fourth-order valence-corrected chi connectivity index (χ4v) is 0.972. The summed E-state index contributed by atoms with van der Waals surface area (Å²) in [6.45, 7) is 0.493. The first kappa shape index (κ1) is 11.2. The van der Waals surface area contributed by atoms with E-state index in [0.29, 0.717) is 24.7 Å². The van der Waals surface area contributed by atoms with Crippen LogP contribution in [0.3, 0.4) is 0 Å². The lowest BCUT2D eigenvalue weighted by molar-refractivity contribution is -0.140. The third-order valence-electron chi connectivity index (χ3n) is 1.74. The van der Waals surface area contributed by atoms with Crippen molar-refractivity contribution in [3.63, 3.8) is 0 Å². The summed E-state index contributed by atoms with van der Waals surface area (Å²) in [4.78, 5) is 18.9. The van der Waals surface area contributed by atoms with Crippen molar-refractivity contribution in [3.8, 4) is 0 Å². The minimum atomic E-state index is -0.245. The summed E-state index contributed by atoms with van der Waals surface area (Å²) in [6.07, 6.45) is 1.95. The number of aromatic nitrogens is 2. The van der Waals surface area contributed by atoms with Gasteiger partial charge in [0.05, 0.1) is 13.5 Å². The Hall–Kier alpha value is -1.85. The molecule has 15 heavy (non-hydrogen) atoms. The third-order valence-corrected chi connectivity index (χ3v) is 1.74. The molecule has 1 aromatic rings. The molecular formula is C9H14N4O2. The molecule has 0 bridgehead atoms. The van der Waals surface area contributed by atoms with Gasteiger partial charge in [-0.1, -0.05) is 0 Å². The monoisotopic (exact) mass is 210 g/mol. The van der Waals surface area contributed by atoms with E-state index in [9.17, 15) is 4.79 Å². The SMILES string of the molecule is CNc1nccc(NCCC(=O)OC)n1. The zero-order valence-corrected chi connectivity index (χ0v) is 8.78. The number of anilines is 2. The lowest BCUT2D eigenvalue weighted by atomic mass is 10.4. The van der Waals surface area contributed by atoms with Gasteiger partial charge in [0.2, 0.25) is 5.95 Å². The predicted molar refractivity (Wildman–Crippen MR) is 56.7 cm³/mol. The average Bonchev–Trinajstić information content (AvgIpc) is 2.29. The van der Waals surface area contributed by atoms with Crippen molar-refractivity contribution in [2.75, 3.05) is 31.3 Å². The Morgan fingerprint density at radius 3 is 3.07 bits per heavy atom. The van der Waals surface area contributed by atoms with E-state index in [0.717, 1.165) is 0 Å². The van der Waals surface area contributed by atoms with E-state index in [1.54, 1.807) is 19.3 Å². The number of hydrogen-bond acceptors (Lipinski definition) is 6. The van der Waals surface area contributed by atoms with Crippen LogP contribution in [0.15, 0.2) is 12.3 Å². The van der Waals surface area contributed by atoms with E-state index < -0.39 is 0 Å². The maximum Gasteiger partial charge on any atom is 0.307 e. The van der Waals surface area contributed by atoms with Crippen molar-refractivity contribution in [1.82, 2.24) is 9.97 Å². The fourth-order valence-electron chi connectivity index (χ4n) is 0.972. The zero-order chi connectivity index (χ0) is 11.1. The van der Waals surface area contributed by atoms with Crippen molar-refractivity contribution in [2.24, 2.45) is 0 Å². The predicted octanol–water partition coefficient (Wildman–Crippen LogP) is 0.493. The molecule has 0 aliphatic rings. The van der Waals surface area contributed by atoms with Crippen LogP contribution >= 0.6 is 0 Å². The van der Waals surface area contributed by atoms with Gasteiger partial charge in [0.1, 0.15) is 5.82 Å². The Kier molecular flexibility index (Phi) is 4.33. The molecule has 0 aliphatic heterocycles. The van der Waals surface area contributed by atoms with Gasteiger partial charge >= 0.3 is 5.97 Å². The molecule has 0 atom stereocenters. The van der Waals surface area contributed by atoms with Crippen LogP contribution in [-0.2, 0) is 9.53 Å². The Morgan fingerprint density at radius 1 is 1.60 bits per heavy atom. The van der Waals surface area contributed by atoms with Gasteiger partial charge in [-0.25, -0.2) is 4.98 Å². The van der Waals surface area contributed by atoms with Crippen LogP contribution < -0.4 is 10.6 Å². The van der Waals surface area contributed by atoms with E-state index in [1.165, 1.54) is 7.11 Å². The number of hydrogen-bond donors (Lipinski definition) is 2. The normalized spacial score (nSPS) is 9.47. The van der Waals surface area contributed by atoms with E-state index in [2.05, 4.69) is 25.3 Å². The summed E-state index contributed by atoms with van der Waals surface area (Å²) in [5.74, 6) is 0.974. The highest BCUT2D eigenvalue weighted by atomic mass is 16.5. The zero-order valence-electron chi connectivity index (χ0n) is 8.78. The van der Waals surface area contributed by atoms with Gasteiger partial charge in [-0.2, -0.15) is 4.98 Å². The lowest BCUT2D eigenvalue weighted by Crippen LogP contribution is -2.11. The summed E-state index contributed by atoms with van der Waals surface area (Å²) < 4.78 is 4.51. The number of nitrogens with one attached hydrogen (secondary N) is 2. The van der Waals surface area contributed by atoms with Crippen LogP contribution in [0.2, 0.25) is 0 Å². The highest BCUT2D eigenvalue weighted by molar-refractivity contribution is 5.69. The number of methoxy groups -OCH3 is 1. The second kappa shape index (κ2) is 5.79. The van der Waals surface area contributed by atoms with Gasteiger partial charge in [-0.05, 0) is 6.07 Å². The molecule has 0 spiro atoms. The summed E-state index contributed by atoms with van der Waals surface area (Å²) in [5.41, 5.74) is 0. The van der Waals surface area contributed by atoms with Crippen molar-refractivity contribution in [1.29, 1.82) is 0 Å². The van der Waals surface area contributed by atoms with Crippen LogP contribution in [0.1, 0.15) is 6.42 Å². The molecule has 0 saturated heterocycles. The smallest absolute Gasteiger partial charge is 0.307 e. The van der Waals surface area contributed by atoms with Gasteiger partial charge in [0.15, 0.2) is 0 Å². The molecule has 82 valence electrons. The molecule has 1 heterocycles. The third kappa shape index (κ3) is 3.80. The first-order valence-electron chi connectivity index (χ1n) is 4.57. The maximum absolute atomic E-state index is 10.8. The Bertz CT molecular complexity index is 330. The van der Waals surface area contributed by atoms with E-state index >= 15 is 0 Å². The molecule has 0 unspecified atom stereocenters. The van der Waals surface area contributed by atoms with Crippen LogP contribution in [0, 0.1) is 0 Å². The topological polar surface area (TPSA) is 76.1 Å². The van der Waals surface area contributed by atoms with Gasteiger partial charge in [0, 0.05) is 19.8 Å². The van der Waals surface area contributed by atoms with Crippen LogP contribution in [-0.4, -0.2) is 36.6 Å². The largest absolute Gasteiger partial charge is 0.469 e. The quantitative estimate of drug-likeness (QED) is 0.689. The van der Waals surface area contributed by atoms with Crippen LogP contribution in [0.25, 0.3) is 0 Å². The fraction of sp³-hybridized carbons (Fsp3) is 0.444. The minimum Gasteiger partial charge on any atom is -0.469 e.